The lowest BCUT2D eigenvalue weighted by Gasteiger charge is -2.19. The van der Waals surface area contributed by atoms with Crippen molar-refractivity contribution in [3.63, 3.8) is 0 Å². The number of ketones is 1. The highest BCUT2D eigenvalue weighted by molar-refractivity contribution is 5.99. The van der Waals surface area contributed by atoms with E-state index < -0.39 is 28.9 Å². The Morgan fingerprint density at radius 1 is 1.19 bits per heavy atom. The number of rotatable bonds is 4. The van der Waals surface area contributed by atoms with Gasteiger partial charge in [-0.2, -0.15) is 0 Å². The smallest absolute Gasteiger partial charge is 0.252 e. The van der Waals surface area contributed by atoms with E-state index in [1.54, 1.807) is 13.8 Å². The number of Topliss-reactive ketones (excluding diaryl/α,β-unsaturated/α-hetero) is 1. The van der Waals surface area contributed by atoms with E-state index in [1.807, 2.05) is 0 Å². The minimum absolute atomic E-state index is 0.0248. The van der Waals surface area contributed by atoms with Crippen LogP contribution in [0.15, 0.2) is 16.9 Å². The van der Waals surface area contributed by atoms with Crippen molar-refractivity contribution in [2.24, 2.45) is 5.92 Å². The van der Waals surface area contributed by atoms with Crippen molar-refractivity contribution in [1.82, 2.24) is 5.32 Å². The monoisotopic (exact) mass is 293 g/mol. The van der Waals surface area contributed by atoms with Crippen LogP contribution in [0.2, 0.25) is 0 Å². The van der Waals surface area contributed by atoms with Gasteiger partial charge in [-0.1, -0.05) is 13.8 Å². The van der Waals surface area contributed by atoms with Crippen LogP contribution in [-0.2, 0) is 4.79 Å². The van der Waals surface area contributed by atoms with Crippen molar-refractivity contribution in [3.05, 3.63) is 33.5 Å². The first-order valence-corrected chi connectivity index (χ1v) is 6.53. The van der Waals surface area contributed by atoms with Crippen LogP contribution in [0.25, 0.3) is 0 Å². The summed E-state index contributed by atoms with van der Waals surface area (Å²) in [6.45, 7) is 6.47. The molecule has 0 fully saturated rings. The second-order valence-corrected chi connectivity index (χ2v) is 5.29. The summed E-state index contributed by atoms with van der Waals surface area (Å²) in [6.07, 6.45) is 0. The fourth-order valence-corrected chi connectivity index (χ4v) is 1.99. The first-order valence-electron chi connectivity index (χ1n) is 6.53. The largest absolute Gasteiger partial charge is 0.504 e. The fourth-order valence-electron chi connectivity index (χ4n) is 1.99. The van der Waals surface area contributed by atoms with Gasteiger partial charge < -0.3 is 15.5 Å². The third-order valence-electron chi connectivity index (χ3n) is 3.17. The van der Waals surface area contributed by atoms with E-state index >= 15 is 0 Å². The predicted molar refractivity (Wildman–Crippen MR) is 77.6 cm³/mol. The molecule has 0 heterocycles. The predicted octanol–water partition coefficient (Wildman–Crippen LogP) is 1.11. The molecule has 3 N–H and O–H groups in total. The van der Waals surface area contributed by atoms with Crippen LogP contribution in [0, 0.1) is 12.8 Å². The molecule has 6 nitrogen and oxygen atoms in total. The first-order chi connectivity index (χ1) is 9.65. The zero-order chi connectivity index (χ0) is 16.3. The van der Waals surface area contributed by atoms with Gasteiger partial charge in [-0.15, -0.1) is 0 Å². The number of carbonyl (C=O) groups is 2. The van der Waals surface area contributed by atoms with Gasteiger partial charge in [0.05, 0.1) is 6.04 Å². The van der Waals surface area contributed by atoms with Gasteiger partial charge >= 0.3 is 0 Å². The van der Waals surface area contributed by atoms with Gasteiger partial charge in [0.1, 0.15) is 0 Å². The van der Waals surface area contributed by atoms with E-state index in [1.165, 1.54) is 13.8 Å². The molecule has 114 valence electrons. The SMILES string of the molecule is CC(=O)[C@@H](NC(=O)c1cc(O)c(O)c(=O)cc1C)C(C)C. The zero-order valence-electron chi connectivity index (χ0n) is 12.4. The second-order valence-electron chi connectivity index (χ2n) is 5.29. The minimum atomic E-state index is -0.816. The summed E-state index contributed by atoms with van der Waals surface area (Å²) < 4.78 is 0. The molecule has 1 aromatic carbocycles. The molecule has 21 heavy (non-hydrogen) atoms. The van der Waals surface area contributed by atoms with Gasteiger partial charge in [-0.25, -0.2) is 0 Å². The molecule has 0 radical (unpaired) electrons. The van der Waals surface area contributed by atoms with Crippen molar-refractivity contribution < 1.29 is 19.8 Å². The molecule has 0 aliphatic carbocycles. The average molecular weight is 293 g/mol. The normalized spacial score (nSPS) is 12.0. The van der Waals surface area contributed by atoms with Crippen LogP contribution in [0.5, 0.6) is 11.5 Å². The van der Waals surface area contributed by atoms with E-state index in [0.29, 0.717) is 5.56 Å². The number of nitrogens with one attached hydrogen (secondary N) is 1. The van der Waals surface area contributed by atoms with Crippen LogP contribution in [0.3, 0.4) is 0 Å². The Morgan fingerprint density at radius 3 is 2.24 bits per heavy atom. The van der Waals surface area contributed by atoms with Crippen LogP contribution >= 0.6 is 0 Å². The number of amides is 1. The lowest BCUT2D eigenvalue weighted by atomic mass is 10.00. The fraction of sp³-hybridized carbons (Fsp3) is 0.400. The molecule has 0 bridgehead atoms. The van der Waals surface area contributed by atoms with Gasteiger partial charge in [-0.3, -0.25) is 14.4 Å². The third-order valence-corrected chi connectivity index (χ3v) is 3.17. The lowest BCUT2D eigenvalue weighted by Crippen LogP contribution is -2.43. The van der Waals surface area contributed by atoms with Crippen LogP contribution in [-0.4, -0.2) is 27.9 Å². The topological polar surface area (TPSA) is 104 Å². The van der Waals surface area contributed by atoms with E-state index in [4.69, 9.17) is 0 Å². The second kappa shape index (κ2) is 6.39. The first kappa shape index (κ1) is 16.7. The van der Waals surface area contributed by atoms with E-state index in [-0.39, 0.29) is 17.3 Å². The number of hydrogen-bond acceptors (Lipinski definition) is 5. The summed E-state index contributed by atoms with van der Waals surface area (Å²) in [5.41, 5.74) is -0.466. The Morgan fingerprint density at radius 2 is 1.76 bits per heavy atom. The molecule has 1 atom stereocenters. The third kappa shape index (κ3) is 3.81. The van der Waals surface area contributed by atoms with Gasteiger partial charge in [0.25, 0.3) is 5.91 Å². The van der Waals surface area contributed by atoms with Crippen LogP contribution < -0.4 is 10.7 Å². The van der Waals surface area contributed by atoms with E-state index in [0.717, 1.165) is 12.1 Å². The summed E-state index contributed by atoms with van der Waals surface area (Å²) in [4.78, 5) is 35.2. The molecule has 1 aromatic rings. The molecule has 0 aliphatic rings. The van der Waals surface area contributed by atoms with Gasteiger partial charge in [0, 0.05) is 5.56 Å². The quantitative estimate of drug-likeness (QED) is 0.771. The van der Waals surface area contributed by atoms with E-state index in [9.17, 15) is 24.6 Å². The van der Waals surface area contributed by atoms with Crippen molar-refractivity contribution >= 4 is 11.7 Å². The highest BCUT2D eigenvalue weighted by Crippen LogP contribution is 2.21. The summed E-state index contributed by atoms with van der Waals surface area (Å²) in [5, 5.41) is 21.5. The molecule has 1 amide bonds. The molecular weight excluding hydrogens is 274 g/mol. The molecule has 0 saturated heterocycles. The Balaban J connectivity index is 3.26. The summed E-state index contributed by atoms with van der Waals surface area (Å²) in [5.74, 6) is -2.37. The molecular formula is C15H19NO5. The summed E-state index contributed by atoms with van der Waals surface area (Å²) in [7, 11) is 0. The summed E-state index contributed by atoms with van der Waals surface area (Å²) >= 11 is 0. The minimum Gasteiger partial charge on any atom is -0.504 e. The van der Waals surface area contributed by atoms with Gasteiger partial charge in [0.2, 0.25) is 11.2 Å². The number of aryl methyl sites for hydroxylation is 1. The maximum atomic E-state index is 12.2. The number of hydrogen-bond donors (Lipinski definition) is 3. The lowest BCUT2D eigenvalue weighted by molar-refractivity contribution is -0.119. The Bertz CT molecular complexity index is 637. The maximum Gasteiger partial charge on any atom is 0.252 e. The van der Waals surface area contributed by atoms with Crippen LogP contribution in [0.4, 0.5) is 0 Å². The highest BCUT2D eigenvalue weighted by atomic mass is 16.3. The van der Waals surface area contributed by atoms with E-state index in [2.05, 4.69) is 5.32 Å². The maximum absolute atomic E-state index is 12.2. The zero-order valence-corrected chi connectivity index (χ0v) is 12.4. The Hall–Kier alpha value is -2.37. The molecule has 0 spiro atoms. The van der Waals surface area contributed by atoms with Gasteiger partial charge in [0.15, 0.2) is 11.5 Å². The average Bonchev–Trinajstić information content (AvgIpc) is 2.47. The molecule has 0 aliphatic heterocycles. The molecule has 6 heteroatoms. The van der Waals surface area contributed by atoms with Crippen molar-refractivity contribution in [2.75, 3.05) is 0 Å². The van der Waals surface area contributed by atoms with Gasteiger partial charge in [-0.05, 0) is 37.5 Å². The molecule has 1 rings (SSSR count). The standard InChI is InChI=1S/C15H19NO5/c1-7(2)13(9(4)17)16-15(21)10-6-12(19)14(20)11(18)5-8(10)3/h5-7,13H,1-4H3,(H,16,21)(H2,18,19,20)/t13-/m0/s1. The highest BCUT2D eigenvalue weighted by Gasteiger charge is 2.22. The van der Waals surface area contributed by atoms with Crippen LogP contribution in [0.1, 0.15) is 36.7 Å². The number of carbonyl (C=O) groups excluding carboxylic acids is 2. The molecule has 0 aromatic heterocycles. The van der Waals surface area contributed by atoms with Crippen molar-refractivity contribution in [3.8, 4) is 11.5 Å². The molecule has 0 saturated carbocycles. The van der Waals surface area contributed by atoms with Crippen molar-refractivity contribution in [2.45, 2.75) is 33.7 Å². The Kier molecular flexibility index (Phi) is 5.07. The molecule has 0 unspecified atom stereocenters. The van der Waals surface area contributed by atoms with Crippen molar-refractivity contribution in [1.29, 1.82) is 0 Å². The summed E-state index contributed by atoms with van der Waals surface area (Å²) in [6, 6.07) is 1.41. The Labute approximate surface area is 122 Å². The number of aromatic hydroxyl groups is 2.